The zero-order valence-corrected chi connectivity index (χ0v) is 35.4. The number of morpholine rings is 2. The molecule has 3 amide bonds. The number of carbonyl (C=O) groups is 4. The molecule has 0 atom stereocenters. The van der Waals surface area contributed by atoms with Crippen molar-refractivity contribution >= 4 is 58.2 Å². The van der Waals surface area contributed by atoms with Crippen LogP contribution in [0.15, 0.2) is 48.8 Å². The van der Waals surface area contributed by atoms with Crippen LogP contribution in [-0.4, -0.2) is 123 Å². The van der Waals surface area contributed by atoms with Gasteiger partial charge in [-0.15, -0.1) is 0 Å². The van der Waals surface area contributed by atoms with Gasteiger partial charge in [-0.05, 0) is 76.9 Å². The van der Waals surface area contributed by atoms with Crippen molar-refractivity contribution < 1.29 is 43.2 Å². The molecular formula is C41H62N12O9. The van der Waals surface area contributed by atoms with Gasteiger partial charge in [0.2, 0.25) is 0 Å². The molecule has 2 saturated heterocycles. The molecule has 2 aliphatic rings. The molecule has 0 bridgehead atoms. The highest BCUT2D eigenvalue weighted by molar-refractivity contribution is 6.09. The van der Waals surface area contributed by atoms with Crippen LogP contribution in [0.5, 0.6) is 0 Å². The molecule has 2 aliphatic heterocycles. The highest BCUT2D eigenvalue weighted by Gasteiger charge is 2.22. The van der Waals surface area contributed by atoms with Crippen molar-refractivity contribution in [2.45, 2.75) is 73.3 Å². The van der Waals surface area contributed by atoms with Gasteiger partial charge >= 0.3 is 18.2 Å². The van der Waals surface area contributed by atoms with E-state index in [1.54, 1.807) is 47.6 Å². The number of amides is 3. The van der Waals surface area contributed by atoms with Gasteiger partial charge in [0.05, 0.1) is 72.9 Å². The Morgan fingerprint density at radius 3 is 1.53 bits per heavy atom. The van der Waals surface area contributed by atoms with Gasteiger partial charge in [0.1, 0.15) is 16.9 Å². The van der Waals surface area contributed by atoms with Gasteiger partial charge in [-0.1, -0.05) is 19.6 Å². The monoisotopic (exact) mass is 866 g/mol. The van der Waals surface area contributed by atoms with Crippen molar-refractivity contribution in [1.29, 1.82) is 0 Å². The van der Waals surface area contributed by atoms with Crippen molar-refractivity contribution in [1.82, 2.24) is 30.2 Å². The van der Waals surface area contributed by atoms with E-state index in [1.807, 2.05) is 30.3 Å². The zero-order valence-electron chi connectivity index (χ0n) is 35.4. The minimum Gasteiger partial charge on any atom is -0.476 e. The van der Waals surface area contributed by atoms with Crippen LogP contribution in [0.3, 0.4) is 0 Å². The third-order valence-corrected chi connectivity index (χ3v) is 8.53. The quantitative estimate of drug-likeness (QED) is 0.0977. The van der Waals surface area contributed by atoms with Crippen LogP contribution in [0.25, 0.3) is 0 Å². The molecule has 62 heavy (non-hydrogen) atoms. The molecule has 2 aromatic carbocycles. The van der Waals surface area contributed by atoms with E-state index in [0.717, 1.165) is 71.3 Å². The van der Waals surface area contributed by atoms with Gasteiger partial charge in [0.25, 0.3) is 5.91 Å². The van der Waals surface area contributed by atoms with E-state index in [-0.39, 0.29) is 30.2 Å². The molecule has 2 aromatic heterocycles. The number of nitrogens with zero attached hydrogens (tertiary/aromatic N) is 4. The molecule has 4 heterocycles. The molecule has 0 spiro atoms. The maximum absolute atomic E-state index is 12.7. The molecule has 21 heteroatoms. The number of anilines is 6. The Labute approximate surface area is 361 Å². The number of ether oxygens (including phenoxy) is 4. The molecule has 12 N–H and O–H groups in total. The van der Waals surface area contributed by atoms with Crippen LogP contribution in [-0.2, 0) is 32.0 Å². The standard InChI is InChI=1S/C20H28N6O4.C11H17N3O.C9H13N3O4.CH4/c1-20(2,3)30-19(28)24-16-11-22-25-17(16)18(27)23-15-5-4-13(10-14(15)21)12-26-6-8-29-9-7-26;12-10-2-1-9(7-11(10)13)8-14-3-5-15-6-4-14;1-9(2,3)16-8(15)11-5-4-10-12-6(5)7(13)14;/h4-5,10-11H,6-9,12,21H2,1-3H3,(H,22,25)(H,23,27)(H,24,28);1-2,7H,3-6,8,12-13H2;4H,1-3H3,(H,10,12)(H,11,15)(H,13,14);1H4. The van der Waals surface area contributed by atoms with Crippen molar-refractivity contribution in [3.05, 3.63) is 71.3 Å². The summed E-state index contributed by atoms with van der Waals surface area (Å²) >= 11 is 0. The Bertz CT molecular complexity index is 2080. The van der Waals surface area contributed by atoms with Crippen molar-refractivity contribution in [3.8, 4) is 0 Å². The van der Waals surface area contributed by atoms with Crippen LogP contribution < -0.4 is 33.2 Å². The first-order valence-corrected chi connectivity index (χ1v) is 19.5. The van der Waals surface area contributed by atoms with Gasteiger partial charge in [-0.25, -0.2) is 14.4 Å². The summed E-state index contributed by atoms with van der Waals surface area (Å²) in [6.07, 6.45) is 1.14. The van der Waals surface area contributed by atoms with Crippen molar-refractivity contribution in [3.63, 3.8) is 0 Å². The summed E-state index contributed by atoms with van der Waals surface area (Å²) in [4.78, 5) is 51.3. The first-order valence-electron chi connectivity index (χ1n) is 19.5. The average molecular weight is 867 g/mol. The fraction of sp³-hybridized carbons (Fsp3) is 0.463. The number of H-pyrrole nitrogens is 2. The number of nitrogens with one attached hydrogen (secondary N) is 5. The first-order chi connectivity index (χ1) is 28.8. The van der Waals surface area contributed by atoms with E-state index in [2.05, 4.69) is 46.1 Å². The summed E-state index contributed by atoms with van der Waals surface area (Å²) in [6.45, 7) is 18.9. The molecule has 0 aliphatic carbocycles. The second kappa shape index (κ2) is 23.0. The number of aromatic amines is 2. The minimum absolute atomic E-state index is 0. The Morgan fingerprint density at radius 2 is 1.10 bits per heavy atom. The van der Waals surface area contributed by atoms with E-state index in [0.29, 0.717) is 22.7 Å². The predicted molar refractivity (Wildman–Crippen MR) is 237 cm³/mol. The summed E-state index contributed by atoms with van der Waals surface area (Å²) in [6, 6.07) is 11.4. The number of benzene rings is 2. The lowest BCUT2D eigenvalue weighted by atomic mass is 10.1. The lowest BCUT2D eigenvalue weighted by Gasteiger charge is -2.26. The smallest absolute Gasteiger partial charge is 0.412 e. The SMILES string of the molecule is C.CC(C)(C)OC(=O)Nc1cn[nH]c1C(=O)Nc1ccc(CN2CCOCC2)cc1N.CC(C)(C)OC(=O)Nc1cn[nH]c1C(=O)O.Nc1ccc(CN2CCOCC2)cc1N. The van der Waals surface area contributed by atoms with Crippen LogP contribution in [0, 0.1) is 0 Å². The molecule has 6 rings (SSSR count). The third-order valence-electron chi connectivity index (χ3n) is 8.53. The third kappa shape index (κ3) is 16.9. The summed E-state index contributed by atoms with van der Waals surface area (Å²) in [7, 11) is 0. The minimum atomic E-state index is -1.21. The number of carbonyl (C=O) groups excluding carboxylic acids is 3. The van der Waals surface area contributed by atoms with Crippen LogP contribution >= 0.6 is 0 Å². The zero-order chi connectivity index (χ0) is 44.7. The molecule has 0 radical (unpaired) electrons. The topological polar surface area (TPSA) is 303 Å². The van der Waals surface area contributed by atoms with Gasteiger partial charge in [-0.3, -0.25) is 35.4 Å². The number of hydrogen-bond acceptors (Lipinski definition) is 15. The Morgan fingerprint density at radius 1 is 0.661 bits per heavy atom. The Hall–Kier alpha value is -6.42. The molecule has 0 saturated carbocycles. The van der Waals surface area contributed by atoms with Crippen LogP contribution in [0.1, 0.15) is 81.1 Å². The van der Waals surface area contributed by atoms with Crippen LogP contribution in [0.2, 0.25) is 0 Å². The summed E-state index contributed by atoms with van der Waals surface area (Å²) in [5, 5.41) is 28.5. The largest absolute Gasteiger partial charge is 0.476 e. The fourth-order valence-corrected chi connectivity index (χ4v) is 5.69. The molecule has 0 unspecified atom stereocenters. The lowest BCUT2D eigenvalue weighted by Crippen LogP contribution is -2.35. The fourth-order valence-electron chi connectivity index (χ4n) is 5.69. The van der Waals surface area contributed by atoms with E-state index in [9.17, 15) is 19.2 Å². The number of nitrogens with two attached hydrogens (primary N) is 3. The number of nitrogen functional groups attached to an aromatic ring is 3. The van der Waals surface area contributed by atoms with Crippen LogP contribution in [0.4, 0.5) is 43.7 Å². The average Bonchev–Trinajstić information content (AvgIpc) is 3.84. The number of hydrogen-bond donors (Lipinski definition) is 9. The maximum Gasteiger partial charge on any atom is 0.412 e. The van der Waals surface area contributed by atoms with Gasteiger partial charge in [0.15, 0.2) is 5.69 Å². The van der Waals surface area contributed by atoms with Gasteiger partial charge in [0, 0.05) is 39.3 Å². The summed E-state index contributed by atoms with van der Waals surface area (Å²) in [5.41, 5.74) is 21.0. The lowest BCUT2D eigenvalue weighted by molar-refractivity contribution is 0.0341. The van der Waals surface area contributed by atoms with Gasteiger partial charge in [-0.2, -0.15) is 10.2 Å². The Balaban J connectivity index is 0.000000270. The van der Waals surface area contributed by atoms with Crippen molar-refractivity contribution in [2.24, 2.45) is 0 Å². The normalized spacial score (nSPS) is 14.4. The van der Waals surface area contributed by atoms with Gasteiger partial charge < -0.3 is 46.6 Å². The maximum atomic E-state index is 12.7. The number of carboxylic acid groups (broad SMARTS) is 1. The molecule has 340 valence electrons. The second-order valence-corrected chi connectivity index (χ2v) is 16.0. The second-order valence-electron chi connectivity index (χ2n) is 16.0. The number of aromatic nitrogens is 4. The van der Waals surface area contributed by atoms with E-state index >= 15 is 0 Å². The summed E-state index contributed by atoms with van der Waals surface area (Å²) in [5.74, 6) is -1.69. The summed E-state index contributed by atoms with van der Waals surface area (Å²) < 4.78 is 20.8. The van der Waals surface area contributed by atoms with Crippen molar-refractivity contribution in [2.75, 3.05) is 85.8 Å². The highest BCUT2D eigenvalue weighted by Crippen LogP contribution is 2.24. The molecular weight excluding hydrogens is 805 g/mol. The first kappa shape index (κ1) is 49.9. The predicted octanol–water partition coefficient (Wildman–Crippen LogP) is 5.20. The molecule has 2 fully saturated rings. The number of carboxylic acids is 1. The highest BCUT2D eigenvalue weighted by atomic mass is 16.6. The van der Waals surface area contributed by atoms with E-state index < -0.39 is 35.3 Å². The van der Waals surface area contributed by atoms with E-state index in [4.69, 9.17) is 41.3 Å². The molecule has 4 aromatic rings. The number of aromatic carboxylic acids is 1. The number of rotatable bonds is 9. The Kier molecular flexibility index (Phi) is 18.5. The molecule has 21 nitrogen and oxygen atoms in total. The van der Waals surface area contributed by atoms with E-state index in [1.165, 1.54) is 18.0 Å².